The number of aliphatic imine (C=N–C) groups is 1. The fraction of sp³-hybridized carbons (Fsp3) is 0.0526. The minimum atomic E-state index is -0.130. The molecular formula is C19H16N2O2. The van der Waals surface area contributed by atoms with Crippen molar-refractivity contribution in [3.05, 3.63) is 71.8 Å². The predicted molar refractivity (Wildman–Crippen MR) is 92.7 cm³/mol. The number of aromatic hydroxyl groups is 1. The molecule has 4 nitrogen and oxygen atoms in total. The van der Waals surface area contributed by atoms with Gasteiger partial charge in [0.05, 0.1) is 12.2 Å². The monoisotopic (exact) mass is 304 g/mol. The molecule has 0 atom stereocenters. The third-order valence-electron chi connectivity index (χ3n) is 3.64. The number of carbonyl (C=O) groups is 1. The molecule has 114 valence electrons. The largest absolute Gasteiger partial charge is 0.507 e. The quantitative estimate of drug-likeness (QED) is 0.572. The van der Waals surface area contributed by atoms with Gasteiger partial charge in [0.25, 0.3) is 0 Å². The van der Waals surface area contributed by atoms with Crippen LogP contribution in [0.1, 0.15) is 15.9 Å². The summed E-state index contributed by atoms with van der Waals surface area (Å²) in [4.78, 5) is 16.0. The van der Waals surface area contributed by atoms with E-state index < -0.39 is 0 Å². The molecule has 3 N–H and O–H groups in total. The zero-order chi connectivity index (χ0) is 16.2. The Morgan fingerprint density at radius 2 is 1.91 bits per heavy atom. The van der Waals surface area contributed by atoms with Crippen LogP contribution in [0.15, 0.2) is 65.7 Å². The van der Waals surface area contributed by atoms with Crippen LogP contribution in [0.3, 0.4) is 0 Å². The molecule has 3 aromatic rings. The summed E-state index contributed by atoms with van der Waals surface area (Å²) in [7, 11) is 0. The second-order valence-corrected chi connectivity index (χ2v) is 5.16. The highest BCUT2D eigenvalue weighted by Gasteiger charge is 2.05. The number of nitrogens with two attached hydrogens (primary N) is 1. The topological polar surface area (TPSA) is 75.7 Å². The van der Waals surface area contributed by atoms with Crippen molar-refractivity contribution >= 4 is 28.5 Å². The Labute approximate surface area is 133 Å². The van der Waals surface area contributed by atoms with Gasteiger partial charge in [0.15, 0.2) is 5.78 Å². The number of phenols is 1. The van der Waals surface area contributed by atoms with Crippen molar-refractivity contribution in [2.24, 2.45) is 10.7 Å². The van der Waals surface area contributed by atoms with E-state index >= 15 is 0 Å². The summed E-state index contributed by atoms with van der Waals surface area (Å²) in [5.74, 6) is 0.0386. The number of ketones is 1. The van der Waals surface area contributed by atoms with Crippen molar-refractivity contribution in [1.29, 1.82) is 0 Å². The molecule has 0 spiro atoms. The Morgan fingerprint density at radius 1 is 1.09 bits per heavy atom. The van der Waals surface area contributed by atoms with Crippen LogP contribution in [-0.4, -0.2) is 23.6 Å². The molecule has 0 radical (unpaired) electrons. The summed E-state index contributed by atoms with van der Waals surface area (Å²) < 4.78 is 0. The summed E-state index contributed by atoms with van der Waals surface area (Å²) in [5, 5.41) is 12.1. The predicted octanol–water partition coefficient (Wildman–Crippen LogP) is 3.44. The first kappa shape index (κ1) is 14.9. The van der Waals surface area contributed by atoms with Crippen molar-refractivity contribution in [3.63, 3.8) is 0 Å². The summed E-state index contributed by atoms with van der Waals surface area (Å²) in [6.45, 7) is -0.0305. The molecule has 23 heavy (non-hydrogen) atoms. The normalized spacial score (nSPS) is 11.2. The van der Waals surface area contributed by atoms with Crippen LogP contribution >= 0.6 is 0 Å². The average molecular weight is 304 g/mol. The number of hydrogen-bond donors (Lipinski definition) is 2. The van der Waals surface area contributed by atoms with Gasteiger partial charge < -0.3 is 10.8 Å². The third-order valence-corrected chi connectivity index (χ3v) is 3.64. The molecule has 0 saturated carbocycles. The SMILES string of the molecule is NCC(=O)c1cccc(N=Cc2c(O)ccc3ccccc23)c1. The maximum Gasteiger partial charge on any atom is 0.176 e. The Bertz CT molecular complexity index is 901. The molecule has 0 unspecified atom stereocenters. The molecule has 0 aliphatic rings. The Kier molecular flexibility index (Phi) is 4.17. The van der Waals surface area contributed by atoms with E-state index in [2.05, 4.69) is 4.99 Å². The summed E-state index contributed by atoms with van der Waals surface area (Å²) >= 11 is 0. The molecule has 0 heterocycles. The summed E-state index contributed by atoms with van der Waals surface area (Å²) in [6.07, 6.45) is 1.61. The number of hydrogen-bond acceptors (Lipinski definition) is 4. The molecule has 4 heteroatoms. The summed E-state index contributed by atoms with van der Waals surface area (Å²) in [6, 6.07) is 18.3. The van der Waals surface area contributed by atoms with Crippen molar-refractivity contribution in [2.75, 3.05) is 6.54 Å². The zero-order valence-corrected chi connectivity index (χ0v) is 12.4. The van der Waals surface area contributed by atoms with Crippen molar-refractivity contribution < 1.29 is 9.90 Å². The van der Waals surface area contributed by atoms with Crippen LogP contribution in [0.25, 0.3) is 10.8 Å². The maximum absolute atomic E-state index is 11.7. The van der Waals surface area contributed by atoms with Gasteiger partial charge in [0.1, 0.15) is 5.75 Å². The van der Waals surface area contributed by atoms with Gasteiger partial charge in [-0.25, -0.2) is 0 Å². The number of carbonyl (C=O) groups excluding carboxylic acids is 1. The van der Waals surface area contributed by atoms with Gasteiger partial charge in [-0.1, -0.05) is 42.5 Å². The van der Waals surface area contributed by atoms with Gasteiger partial charge >= 0.3 is 0 Å². The molecule has 0 fully saturated rings. The number of nitrogens with zero attached hydrogens (tertiary/aromatic N) is 1. The zero-order valence-electron chi connectivity index (χ0n) is 12.4. The second-order valence-electron chi connectivity index (χ2n) is 5.16. The average Bonchev–Trinajstić information content (AvgIpc) is 2.60. The van der Waals surface area contributed by atoms with E-state index in [4.69, 9.17) is 5.73 Å². The number of Topliss-reactive ketones (excluding diaryl/α,β-unsaturated/α-hetero) is 1. The fourth-order valence-electron chi connectivity index (χ4n) is 2.44. The highest BCUT2D eigenvalue weighted by molar-refractivity contribution is 6.03. The number of rotatable bonds is 4. The third kappa shape index (κ3) is 3.12. The maximum atomic E-state index is 11.7. The minimum absolute atomic E-state index is 0.0305. The van der Waals surface area contributed by atoms with Crippen molar-refractivity contribution in [2.45, 2.75) is 0 Å². The summed E-state index contributed by atoms with van der Waals surface area (Å²) in [5.41, 5.74) is 7.20. The molecule has 0 aliphatic heterocycles. The first-order valence-electron chi connectivity index (χ1n) is 7.27. The molecule has 3 rings (SSSR count). The number of fused-ring (bicyclic) bond motifs is 1. The second kappa shape index (κ2) is 6.42. The number of benzene rings is 3. The highest BCUT2D eigenvalue weighted by Crippen LogP contribution is 2.26. The van der Waals surface area contributed by atoms with E-state index in [1.807, 2.05) is 30.3 Å². The van der Waals surface area contributed by atoms with Gasteiger partial charge in [0, 0.05) is 17.3 Å². The van der Waals surface area contributed by atoms with Gasteiger partial charge in [-0.05, 0) is 29.0 Å². The molecule has 0 amide bonds. The first-order chi connectivity index (χ1) is 11.2. The lowest BCUT2D eigenvalue weighted by molar-refractivity contribution is 0.100. The van der Waals surface area contributed by atoms with E-state index in [0.717, 1.165) is 10.8 Å². The van der Waals surface area contributed by atoms with Gasteiger partial charge in [-0.3, -0.25) is 9.79 Å². The van der Waals surface area contributed by atoms with E-state index in [0.29, 0.717) is 16.8 Å². The minimum Gasteiger partial charge on any atom is -0.507 e. The van der Waals surface area contributed by atoms with Gasteiger partial charge in [-0.2, -0.15) is 0 Å². The molecule has 0 aliphatic carbocycles. The van der Waals surface area contributed by atoms with Crippen LogP contribution < -0.4 is 5.73 Å². The molecule has 0 saturated heterocycles. The molecule has 0 bridgehead atoms. The standard InChI is InChI=1S/C19H16N2O2/c20-11-19(23)14-5-3-6-15(10-14)21-12-17-16-7-2-1-4-13(16)8-9-18(17)22/h1-10,12,22H,11,20H2. The lowest BCUT2D eigenvalue weighted by Crippen LogP contribution is -2.13. The highest BCUT2D eigenvalue weighted by atomic mass is 16.3. The Hall–Kier alpha value is -2.98. The van der Waals surface area contributed by atoms with Gasteiger partial charge in [0.2, 0.25) is 0 Å². The van der Waals surface area contributed by atoms with Crippen LogP contribution in [0, 0.1) is 0 Å². The van der Waals surface area contributed by atoms with Crippen molar-refractivity contribution in [1.82, 2.24) is 0 Å². The van der Waals surface area contributed by atoms with Crippen LogP contribution in [-0.2, 0) is 0 Å². The first-order valence-corrected chi connectivity index (χ1v) is 7.27. The van der Waals surface area contributed by atoms with E-state index in [-0.39, 0.29) is 18.1 Å². The lowest BCUT2D eigenvalue weighted by Gasteiger charge is -2.05. The molecule has 0 aromatic heterocycles. The fourth-order valence-corrected chi connectivity index (χ4v) is 2.44. The van der Waals surface area contributed by atoms with Crippen LogP contribution in [0.5, 0.6) is 5.75 Å². The molecule has 3 aromatic carbocycles. The van der Waals surface area contributed by atoms with E-state index in [1.165, 1.54) is 0 Å². The van der Waals surface area contributed by atoms with Crippen LogP contribution in [0.4, 0.5) is 5.69 Å². The Morgan fingerprint density at radius 3 is 2.74 bits per heavy atom. The van der Waals surface area contributed by atoms with E-state index in [1.54, 1.807) is 36.5 Å². The van der Waals surface area contributed by atoms with Crippen molar-refractivity contribution in [3.8, 4) is 5.75 Å². The smallest absolute Gasteiger partial charge is 0.176 e. The number of phenolic OH excluding ortho intramolecular Hbond substituents is 1. The Balaban J connectivity index is 2.01. The van der Waals surface area contributed by atoms with E-state index in [9.17, 15) is 9.90 Å². The van der Waals surface area contributed by atoms with Gasteiger partial charge in [-0.15, -0.1) is 0 Å². The van der Waals surface area contributed by atoms with Crippen LogP contribution in [0.2, 0.25) is 0 Å². The lowest BCUT2D eigenvalue weighted by atomic mass is 10.0. The molecular weight excluding hydrogens is 288 g/mol.